The molecule has 5 nitrogen and oxygen atoms in total. The van der Waals surface area contributed by atoms with E-state index in [4.69, 9.17) is 16.2 Å². The summed E-state index contributed by atoms with van der Waals surface area (Å²) in [4.78, 5) is 11.5. The molecular weight excluding hydrogens is 228 g/mol. The standard InChI is InChI=1S/C7H13F2N3O2S/c1-2-12(4-3-10)6(11,5(13)14)7(8,9)15/h3,10,15H,2,4,11H2,1H3,(H,13,14)/t6-/m1/s1. The van der Waals surface area contributed by atoms with Gasteiger partial charge in [0.05, 0.1) is 0 Å². The molecule has 0 aliphatic carbocycles. The fraction of sp³-hybridized carbons (Fsp3) is 0.714. The molecule has 0 saturated heterocycles. The van der Waals surface area contributed by atoms with Crippen LogP contribution in [0.4, 0.5) is 8.78 Å². The number of hydrogen-bond donors (Lipinski definition) is 4. The van der Waals surface area contributed by atoms with Crippen molar-refractivity contribution in [3.63, 3.8) is 0 Å². The molecule has 0 rings (SSSR count). The number of hydrogen-bond acceptors (Lipinski definition) is 5. The van der Waals surface area contributed by atoms with Gasteiger partial charge in [0, 0.05) is 12.8 Å². The molecule has 4 N–H and O–H groups in total. The summed E-state index contributed by atoms with van der Waals surface area (Å²) >= 11 is 2.90. The first-order chi connectivity index (χ1) is 6.71. The summed E-state index contributed by atoms with van der Waals surface area (Å²) in [7, 11) is 0. The minimum Gasteiger partial charge on any atom is -0.479 e. The summed E-state index contributed by atoms with van der Waals surface area (Å²) in [6.45, 7) is 1.15. The van der Waals surface area contributed by atoms with Crippen LogP contribution in [-0.4, -0.2) is 46.2 Å². The first-order valence-corrected chi connectivity index (χ1v) is 4.53. The van der Waals surface area contributed by atoms with Crippen LogP contribution in [0.1, 0.15) is 6.92 Å². The van der Waals surface area contributed by atoms with Crippen molar-refractivity contribution in [2.45, 2.75) is 17.8 Å². The van der Waals surface area contributed by atoms with Crippen LogP contribution in [0.3, 0.4) is 0 Å². The molecule has 1 atom stereocenters. The Balaban J connectivity index is 5.26. The van der Waals surface area contributed by atoms with Crippen LogP contribution in [0.15, 0.2) is 0 Å². The first kappa shape index (κ1) is 14.3. The third-order valence-electron chi connectivity index (χ3n) is 1.98. The quantitative estimate of drug-likeness (QED) is 0.304. The average Bonchev–Trinajstić information content (AvgIpc) is 2.10. The predicted molar refractivity (Wildman–Crippen MR) is 54.5 cm³/mol. The number of aliphatic carboxylic acids is 1. The van der Waals surface area contributed by atoms with Crippen molar-refractivity contribution in [1.29, 1.82) is 5.41 Å². The second kappa shape index (κ2) is 4.86. The average molecular weight is 241 g/mol. The van der Waals surface area contributed by atoms with E-state index in [1.54, 1.807) is 0 Å². The summed E-state index contributed by atoms with van der Waals surface area (Å²) in [6.07, 6.45) is 0.799. The number of alkyl halides is 2. The zero-order valence-corrected chi connectivity index (χ0v) is 8.97. The van der Waals surface area contributed by atoms with Crippen LogP contribution in [0.5, 0.6) is 0 Å². The molecule has 15 heavy (non-hydrogen) atoms. The maximum Gasteiger partial charge on any atom is 0.346 e. The number of nitrogens with two attached hydrogens (primary N) is 1. The minimum absolute atomic E-state index is 0.0334. The van der Waals surface area contributed by atoms with Crippen LogP contribution in [0.2, 0.25) is 0 Å². The second-order valence-electron chi connectivity index (χ2n) is 2.86. The summed E-state index contributed by atoms with van der Waals surface area (Å²) in [6, 6.07) is 0. The van der Waals surface area contributed by atoms with Gasteiger partial charge in [-0.05, 0) is 6.54 Å². The third-order valence-corrected chi connectivity index (χ3v) is 2.32. The van der Waals surface area contributed by atoms with Crippen molar-refractivity contribution in [3.05, 3.63) is 0 Å². The molecule has 0 saturated carbocycles. The Kier molecular flexibility index (Phi) is 4.63. The molecule has 0 fully saturated rings. The van der Waals surface area contributed by atoms with Gasteiger partial charge in [0.2, 0.25) is 5.66 Å². The SMILES string of the molecule is CCN(CC=N)[C@](N)(C(=O)O)C(F)(F)S. The Morgan fingerprint density at radius 3 is 2.40 bits per heavy atom. The Morgan fingerprint density at radius 2 is 2.20 bits per heavy atom. The molecule has 0 aliphatic heterocycles. The molecule has 0 aromatic rings. The van der Waals surface area contributed by atoms with Gasteiger partial charge in [0.25, 0.3) is 0 Å². The van der Waals surface area contributed by atoms with Gasteiger partial charge in [0.15, 0.2) is 0 Å². The molecule has 0 amide bonds. The van der Waals surface area contributed by atoms with Crippen molar-refractivity contribution in [2.24, 2.45) is 5.73 Å². The smallest absolute Gasteiger partial charge is 0.346 e. The molecule has 0 heterocycles. The van der Waals surface area contributed by atoms with E-state index in [2.05, 4.69) is 12.6 Å². The molecule has 0 spiro atoms. The fourth-order valence-electron chi connectivity index (χ4n) is 1.09. The lowest BCUT2D eigenvalue weighted by Crippen LogP contribution is -2.70. The van der Waals surface area contributed by atoms with Crippen LogP contribution < -0.4 is 5.73 Å². The van der Waals surface area contributed by atoms with Crippen LogP contribution in [0.25, 0.3) is 0 Å². The Hall–Kier alpha value is -0.730. The van der Waals surface area contributed by atoms with Gasteiger partial charge in [-0.2, -0.15) is 8.78 Å². The maximum absolute atomic E-state index is 13.0. The van der Waals surface area contributed by atoms with E-state index in [0.29, 0.717) is 0 Å². The molecule has 0 aliphatic rings. The van der Waals surface area contributed by atoms with Crippen molar-refractivity contribution < 1.29 is 18.7 Å². The highest BCUT2D eigenvalue weighted by Gasteiger charge is 2.58. The van der Waals surface area contributed by atoms with Crippen LogP contribution in [0, 0.1) is 5.41 Å². The van der Waals surface area contributed by atoms with E-state index in [-0.39, 0.29) is 13.1 Å². The van der Waals surface area contributed by atoms with Gasteiger partial charge in [-0.15, -0.1) is 12.6 Å². The van der Waals surface area contributed by atoms with Gasteiger partial charge in [0.1, 0.15) is 0 Å². The van der Waals surface area contributed by atoms with Gasteiger partial charge >= 0.3 is 11.2 Å². The highest BCUT2D eigenvalue weighted by molar-refractivity contribution is 7.81. The molecule has 0 radical (unpaired) electrons. The number of carbonyl (C=O) groups is 1. The molecular formula is C7H13F2N3O2S. The summed E-state index contributed by atoms with van der Waals surface area (Å²) < 4.78 is 26.0. The number of rotatable bonds is 6. The Morgan fingerprint density at radius 1 is 1.73 bits per heavy atom. The lowest BCUT2D eigenvalue weighted by Gasteiger charge is -2.38. The van der Waals surface area contributed by atoms with Crippen molar-refractivity contribution in [1.82, 2.24) is 4.90 Å². The van der Waals surface area contributed by atoms with Crippen molar-refractivity contribution in [2.75, 3.05) is 13.1 Å². The number of carboxylic acids is 1. The lowest BCUT2D eigenvalue weighted by atomic mass is 10.1. The van der Waals surface area contributed by atoms with E-state index in [9.17, 15) is 13.6 Å². The topological polar surface area (TPSA) is 90.4 Å². The highest BCUT2D eigenvalue weighted by Crippen LogP contribution is 2.33. The van der Waals surface area contributed by atoms with Crippen LogP contribution >= 0.6 is 12.6 Å². The predicted octanol–water partition coefficient (Wildman–Crippen LogP) is 0.220. The number of thiol groups is 1. The number of halogens is 2. The Labute approximate surface area is 91.2 Å². The summed E-state index contributed by atoms with van der Waals surface area (Å²) in [5.41, 5.74) is 2.24. The van der Waals surface area contributed by atoms with E-state index in [0.717, 1.165) is 11.1 Å². The van der Waals surface area contributed by atoms with Gasteiger partial charge < -0.3 is 10.5 Å². The fourth-order valence-corrected chi connectivity index (χ4v) is 1.32. The zero-order valence-electron chi connectivity index (χ0n) is 8.07. The van der Waals surface area contributed by atoms with Gasteiger partial charge in [-0.3, -0.25) is 10.6 Å². The zero-order chi connectivity index (χ0) is 12.3. The van der Waals surface area contributed by atoms with Gasteiger partial charge in [-0.25, -0.2) is 4.79 Å². The van der Waals surface area contributed by atoms with E-state index < -0.39 is 16.9 Å². The molecule has 88 valence electrons. The first-order valence-electron chi connectivity index (χ1n) is 4.08. The molecule has 8 heteroatoms. The highest BCUT2D eigenvalue weighted by atomic mass is 32.1. The van der Waals surface area contributed by atoms with Crippen molar-refractivity contribution in [3.8, 4) is 0 Å². The van der Waals surface area contributed by atoms with Gasteiger partial charge in [-0.1, -0.05) is 6.92 Å². The summed E-state index contributed by atoms with van der Waals surface area (Å²) in [5, 5.41) is 11.6. The molecule has 0 aromatic heterocycles. The lowest BCUT2D eigenvalue weighted by molar-refractivity contribution is -0.166. The number of carboxylic acid groups (broad SMARTS) is 1. The second-order valence-corrected chi connectivity index (χ2v) is 3.42. The number of nitrogens with zero attached hydrogens (tertiary/aromatic N) is 1. The summed E-state index contributed by atoms with van der Waals surface area (Å²) in [5.74, 6) is -1.88. The third kappa shape index (κ3) is 2.64. The Bertz CT molecular complexity index is 259. The number of nitrogens with one attached hydrogen (secondary N) is 1. The molecule has 0 unspecified atom stereocenters. The van der Waals surface area contributed by atoms with E-state index in [1.807, 2.05) is 0 Å². The largest absolute Gasteiger partial charge is 0.479 e. The molecule has 0 bridgehead atoms. The molecule has 0 aromatic carbocycles. The van der Waals surface area contributed by atoms with E-state index >= 15 is 0 Å². The maximum atomic E-state index is 13.0. The normalized spacial score (nSPS) is 16.1. The van der Waals surface area contributed by atoms with Crippen molar-refractivity contribution >= 4 is 24.8 Å². The van der Waals surface area contributed by atoms with Crippen LogP contribution in [-0.2, 0) is 4.79 Å². The number of likely N-dealkylation sites (N-methyl/N-ethyl adjacent to an activating group) is 1. The van der Waals surface area contributed by atoms with E-state index in [1.165, 1.54) is 6.92 Å². The minimum atomic E-state index is -3.90. The monoisotopic (exact) mass is 241 g/mol.